The van der Waals surface area contributed by atoms with Gasteiger partial charge in [0.2, 0.25) is 0 Å². The fraction of sp³-hybridized carbons (Fsp3) is 0.636. The molecule has 0 atom stereocenters. The molecule has 2 heterocycles. The average molecular weight is 290 g/mol. The van der Waals surface area contributed by atoms with E-state index in [0.717, 1.165) is 0 Å². The molecule has 1 aliphatic heterocycles. The van der Waals surface area contributed by atoms with E-state index in [1.165, 1.54) is 11.8 Å². The summed E-state index contributed by atoms with van der Waals surface area (Å²) in [5.41, 5.74) is -0.727. The third kappa shape index (κ3) is 3.71. The summed E-state index contributed by atoms with van der Waals surface area (Å²) in [7, 11) is 0. The van der Waals surface area contributed by atoms with Gasteiger partial charge in [0, 0.05) is 38.7 Å². The van der Waals surface area contributed by atoms with Crippen LogP contribution in [0.15, 0.2) is 11.2 Å². The van der Waals surface area contributed by atoms with Crippen molar-refractivity contribution >= 4 is 29.2 Å². The molecule has 0 amide bonds. The van der Waals surface area contributed by atoms with Crippen LogP contribution in [0.1, 0.15) is 12.8 Å². The number of nitrogens with zero attached hydrogens (tertiary/aromatic N) is 2. The quantitative estimate of drug-likeness (QED) is 0.501. The van der Waals surface area contributed by atoms with Crippen LogP contribution >= 0.6 is 23.4 Å². The molecule has 2 N–H and O–H groups in total. The minimum atomic E-state index is -0.727. The summed E-state index contributed by atoms with van der Waals surface area (Å²) in [6.07, 6.45) is 3.16. The molecular weight excluding hydrogens is 274 g/mol. The van der Waals surface area contributed by atoms with Crippen LogP contribution < -0.4 is 5.32 Å². The van der Waals surface area contributed by atoms with Gasteiger partial charge in [-0.2, -0.15) is 0 Å². The maximum absolute atomic E-state index is 10.3. The summed E-state index contributed by atoms with van der Waals surface area (Å²) in [6.45, 7) is 1.63. The zero-order valence-corrected chi connectivity index (χ0v) is 11.7. The van der Waals surface area contributed by atoms with E-state index in [2.05, 4.69) is 15.3 Å². The van der Waals surface area contributed by atoms with Gasteiger partial charge in [0.15, 0.2) is 5.16 Å². The Balaban J connectivity index is 1.98. The molecule has 1 saturated heterocycles. The second-order valence-electron chi connectivity index (χ2n) is 4.25. The molecule has 2 rings (SSSR count). The van der Waals surface area contributed by atoms with Crippen molar-refractivity contribution < 1.29 is 9.84 Å². The minimum absolute atomic E-state index is 0.399. The van der Waals surface area contributed by atoms with E-state index in [1.807, 2.05) is 6.26 Å². The van der Waals surface area contributed by atoms with Gasteiger partial charge in [-0.1, -0.05) is 23.4 Å². The highest BCUT2D eigenvalue weighted by molar-refractivity contribution is 7.98. The number of rotatable bonds is 4. The van der Waals surface area contributed by atoms with Crippen LogP contribution in [-0.4, -0.2) is 46.7 Å². The van der Waals surface area contributed by atoms with Gasteiger partial charge in [-0.05, 0) is 6.26 Å². The van der Waals surface area contributed by atoms with Crippen molar-refractivity contribution in [2.24, 2.45) is 0 Å². The van der Waals surface area contributed by atoms with Crippen molar-refractivity contribution in [3.8, 4) is 0 Å². The van der Waals surface area contributed by atoms with Gasteiger partial charge in [0.05, 0.1) is 5.60 Å². The fourth-order valence-electron chi connectivity index (χ4n) is 1.76. The van der Waals surface area contributed by atoms with Crippen LogP contribution in [0, 0.1) is 0 Å². The van der Waals surface area contributed by atoms with E-state index in [1.54, 1.807) is 6.07 Å². The largest absolute Gasteiger partial charge is 0.388 e. The number of nitrogens with one attached hydrogen (secondary N) is 1. The van der Waals surface area contributed by atoms with E-state index in [9.17, 15) is 5.11 Å². The Morgan fingerprint density at radius 3 is 2.89 bits per heavy atom. The molecule has 0 aliphatic carbocycles. The van der Waals surface area contributed by atoms with E-state index >= 15 is 0 Å². The summed E-state index contributed by atoms with van der Waals surface area (Å²) >= 11 is 7.33. The Labute approximate surface area is 115 Å². The van der Waals surface area contributed by atoms with Gasteiger partial charge >= 0.3 is 0 Å². The lowest BCUT2D eigenvalue weighted by Crippen LogP contribution is -2.42. The highest BCUT2D eigenvalue weighted by Crippen LogP contribution is 2.22. The van der Waals surface area contributed by atoms with E-state index in [0.29, 0.717) is 48.7 Å². The Morgan fingerprint density at radius 2 is 2.22 bits per heavy atom. The summed E-state index contributed by atoms with van der Waals surface area (Å²) < 4.78 is 5.23. The molecule has 1 fully saturated rings. The van der Waals surface area contributed by atoms with Gasteiger partial charge in [-0.15, -0.1) is 0 Å². The number of hydrogen-bond acceptors (Lipinski definition) is 6. The topological polar surface area (TPSA) is 67.3 Å². The Bertz CT molecular complexity index is 413. The first-order valence-electron chi connectivity index (χ1n) is 5.74. The Hall–Kier alpha value is -0.560. The van der Waals surface area contributed by atoms with Crippen molar-refractivity contribution in [1.82, 2.24) is 9.97 Å². The van der Waals surface area contributed by atoms with E-state index < -0.39 is 5.60 Å². The zero-order valence-electron chi connectivity index (χ0n) is 10.1. The number of halogens is 1. The highest BCUT2D eigenvalue weighted by atomic mass is 35.5. The van der Waals surface area contributed by atoms with E-state index in [-0.39, 0.29) is 0 Å². The van der Waals surface area contributed by atoms with Crippen LogP contribution in [0.2, 0.25) is 5.15 Å². The van der Waals surface area contributed by atoms with Crippen LogP contribution in [0.3, 0.4) is 0 Å². The van der Waals surface area contributed by atoms with Gasteiger partial charge in [0.1, 0.15) is 11.0 Å². The number of aromatic nitrogens is 2. The molecule has 0 radical (unpaired) electrons. The van der Waals surface area contributed by atoms with Gasteiger partial charge in [0.25, 0.3) is 0 Å². The van der Waals surface area contributed by atoms with Crippen molar-refractivity contribution in [3.05, 3.63) is 11.2 Å². The second-order valence-corrected chi connectivity index (χ2v) is 5.41. The first-order chi connectivity index (χ1) is 8.61. The molecule has 5 nitrogen and oxygen atoms in total. The summed E-state index contributed by atoms with van der Waals surface area (Å²) in [6, 6.07) is 1.66. The monoisotopic (exact) mass is 289 g/mol. The Morgan fingerprint density at radius 1 is 1.50 bits per heavy atom. The van der Waals surface area contributed by atoms with Crippen LogP contribution in [0.25, 0.3) is 0 Å². The van der Waals surface area contributed by atoms with E-state index in [4.69, 9.17) is 16.3 Å². The molecule has 0 spiro atoms. The molecule has 18 heavy (non-hydrogen) atoms. The van der Waals surface area contributed by atoms with Crippen molar-refractivity contribution in [2.45, 2.75) is 23.6 Å². The van der Waals surface area contributed by atoms with Gasteiger partial charge in [-0.3, -0.25) is 0 Å². The number of thioether (sulfide) groups is 1. The molecule has 1 aromatic heterocycles. The molecular formula is C11H16ClN3O2S. The number of anilines is 1. The lowest BCUT2D eigenvalue weighted by Gasteiger charge is -2.32. The number of aliphatic hydroxyl groups is 1. The van der Waals surface area contributed by atoms with Crippen molar-refractivity contribution in [2.75, 3.05) is 31.3 Å². The fourth-order valence-corrected chi connectivity index (χ4v) is 2.37. The molecule has 1 aromatic rings. The second kappa shape index (κ2) is 6.06. The van der Waals surface area contributed by atoms with Crippen molar-refractivity contribution in [3.63, 3.8) is 0 Å². The predicted octanol–water partition coefficient (Wildman–Crippen LogP) is 1.81. The smallest absolute Gasteiger partial charge is 0.190 e. The first-order valence-corrected chi connectivity index (χ1v) is 7.34. The third-order valence-electron chi connectivity index (χ3n) is 2.88. The number of ether oxygens (including phenoxy) is 1. The summed E-state index contributed by atoms with van der Waals surface area (Å²) in [5.74, 6) is 0.638. The summed E-state index contributed by atoms with van der Waals surface area (Å²) in [5, 5.41) is 14.4. The molecule has 1 aliphatic rings. The lowest BCUT2D eigenvalue weighted by atomic mass is 9.94. The molecule has 7 heteroatoms. The molecule has 0 bridgehead atoms. The molecule has 100 valence electrons. The molecule has 0 unspecified atom stereocenters. The standard InChI is InChI=1S/C11H16ClN3O2S/c1-18-10-14-8(12)6-9(15-10)13-7-11(16)2-4-17-5-3-11/h6,16H,2-5,7H2,1H3,(H,13,14,15). The van der Waals surface area contributed by atoms with Crippen LogP contribution in [0.5, 0.6) is 0 Å². The SMILES string of the molecule is CSc1nc(Cl)cc(NCC2(O)CCOCC2)n1. The highest BCUT2D eigenvalue weighted by Gasteiger charge is 2.29. The normalized spacial score (nSPS) is 18.6. The van der Waals surface area contributed by atoms with Gasteiger partial charge in [-0.25, -0.2) is 9.97 Å². The van der Waals surface area contributed by atoms with Crippen LogP contribution in [0.4, 0.5) is 5.82 Å². The third-order valence-corrected chi connectivity index (χ3v) is 3.62. The predicted molar refractivity (Wildman–Crippen MR) is 72.3 cm³/mol. The number of hydrogen-bond donors (Lipinski definition) is 2. The molecule has 0 aromatic carbocycles. The molecule has 0 saturated carbocycles. The summed E-state index contributed by atoms with van der Waals surface area (Å²) in [4.78, 5) is 8.34. The van der Waals surface area contributed by atoms with Gasteiger partial charge < -0.3 is 15.2 Å². The van der Waals surface area contributed by atoms with Crippen LogP contribution in [-0.2, 0) is 4.74 Å². The average Bonchev–Trinajstić information content (AvgIpc) is 2.37. The maximum atomic E-state index is 10.3. The zero-order chi connectivity index (χ0) is 13.0. The maximum Gasteiger partial charge on any atom is 0.190 e. The van der Waals surface area contributed by atoms with Crippen molar-refractivity contribution in [1.29, 1.82) is 0 Å². The first kappa shape index (κ1) is 13.9. The Kier molecular flexibility index (Phi) is 4.66. The minimum Gasteiger partial charge on any atom is -0.388 e. The lowest BCUT2D eigenvalue weighted by molar-refractivity contribution is -0.0543.